The van der Waals surface area contributed by atoms with Crippen molar-refractivity contribution in [2.45, 2.75) is 6.54 Å². The summed E-state index contributed by atoms with van der Waals surface area (Å²) in [5, 5.41) is 9.94. The second-order valence-electron chi connectivity index (χ2n) is 4.64. The van der Waals surface area contributed by atoms with E-state index < -0.39 is 0 Å². The average molecular weight is 258 g/mol. The van der Waals surface area contributed by atoms with E-state index in [9.17, 15) is 5.11 Å². The summed E-state index contributed by atoms with van der Waals surface area (Å²) >= 11 is 0. The summed E-state index contributed by atoms with van der Waals surface area (Å²) in [6, 6.07) is 11.0. The van der Waals surface area contributed by atoms with E-state index in [0.29, 0.717) is 5.69 Å². The van der Waals surface area contributed by atoms with E-state index in [1.807, 2.05) is 49.3 Å². The number of methoxy groups -OCH3 is 1. The van der Waals surface area contributed by atoms with Crippen LogP contribution in [0.3, 0.4) is 0 Å². The highest BCUT2D eigenvalue weighted by molar-refractivity contribution is 5.66. The van der Waals surface area contributed by atoms with Crippen molar-refractivity contribution in [3.05, 3.63) is 42.1 Å². The minimum atomic E-state index is 0.188. The molecule has 100 valence electrons. The number of rotatable bonds is 4. The lowest BCUT2D eigenvalue weighted by molar-refractivity contribution is 0.396. The lowest BCUT2D eigenvalue weighted by Gasteiger charge is -2.11. The van der Waals surface area contributed by atoms with Gasteiger partial charge in [0.15, 0.2) is 0 Å². The number of hydrogen-bond donors (Lipinski definition) is 1. The van der Waals surface area contributed by atoms with Gasteiger partial charge in [0.2, 0.25) is 0 Å². The molecule has 4 nitrogen and oxygen atoms in total. The predicted molar refractivity (Wildman–Crippen MR) is 75.3 cm³/mol. The fourth-order valence-corrected chi connectivity index (χ4v) is 1.87. The van der Waals surface area contributed by atoms with Crippen LogP contribution in [0.5, 0.6) is 11.5 Å². The van der Waals surface area contributed by atoms with Crippen molar-refractivity contribution in [3.63, 3.8) is 0 Å². The van der Waals surface area contributed by atoms with E-state index >= 15 is 0 Å². The van der Waals surface area contributed by atoms with Gasteiger partial charge in [0.1, 0.15) is 17.2 Å². The molecule has 0 aliphatic heterocycles. The summed E-state index contributed by atoms with van der Waals surface area (Å²) in [5.74, 6) is 0.973. The van der Waals surface area contributed by atoms with Gasteiger partial charge in [-0.3, -0.25) is 0 Å². The molecule has 0 aliphatic carbocycles. The first-order valence-electron chi connectivity index (χ1n) is 6.08. The first-order chi connectivity index (χ1) is 9.10. The maximum atomic E-state index is 9.94. The Hall–Kier alpha value is -2.07. The summed E-state index contributed by atoms with van der Waals surface area (Å²) in [6.45, 7) is 0.740. The quantitative estimate of drug-likeness (QED) is 0.915. The van der Waals surface area contributed by atoms with Crippen LogP contribution in [0.2, 0.25) is 0 Å². The first kappa shape index (κ1) is 13.4. The molecule has 1 aromatic carbocycles. The number of aromatic hydroxyl groups is 1. The van der Waals surface area contributed by atoms with Crippen molar-refractivity contribution in [1.29, 1.82) is 0 Å². The topological polar surface area (TPSA) is 45.6 Å². The van der Waals surface area contributed by atoms with Gasteiger partial charge in [-0.2, -0.15) is 0 Å². The third-order valence-electron chi connectivity index (χ3n) is 2.77. The van der Waals surface area contributed by atoms with E-state index in [-0.39, 0.29) is 5.75 Å². The Morgan fingerprint density at radius 2 is 1.79 bits per heavy atom. The normalized spacial score (nSPS) is 10.7. The predicted octanol–water partition coefficient (Wildman–Crippen LogP) is 2.52. The smallest absolute Gasteiger partial charge is 0.141 e. The molecule has 4 heteroatoms. The molecule has 0 unspecified atom stereocenters. The second kappa shape index (κ2) is 5.71. The fourth-order valence-electron chi connectivity index (χ4n) is 1.87. The van der Waals surface area contributed by atoms with Crippen LogP contribution in [0.1, 0.15) is 5.69 Å². The monoisotopic (exact) mass is 258 g/mol. The van der Waals surface area contributed by atoms with Crippen molar-refractivity contribution in [3.8, 4) is 22.8 Å². The SMILES string of the molecule is COc1ccc(-c2nc(CN(C)C)ccc2O)cc1. The number of hydrogen-bond acceptors (Lipinski definition) is 4. The molecule has 0 saturated carbocycles. The van der Waals surface area contributed by atoms with E-state index in [0.717, 1.165) is 23.6 Å². The minimum absolute atomic E-state index is 0.188. The summed E-state index contributed by atoms with van der Waals surface area (Å²) in [5.41, 5.74) is 2.40. The van der Waals surface area contributed by atoms with Crippen LogP contribution < -0.4 is 4.74 Å². The Morgan fingerprint density at radius 3 is 2.37 bits per heavy atom. The van der Waals surface area contributed by atoms with Gasteiger partial charge in [-0.1, -0.05) is 0 Å². The summed E-state index contributed by atoms with van der Waals surface area (Å²) in [4.78, 5) is 6.54. The number of ether oxygens (including phenoxy) is 1. The second-order valence-corrected chi connectivity index (χ2v) is 4.64. The lowest BCUT2D eigenvalue weighted by Crippen LogP contribution is -2.12. The van der Waals surface area contributed by atoms with Gasteiger partial charge in [0.05, 0.1) is 12.8 Å². The van der Waals surface area contributed by atoms with Crippen LogP contribution in [0.4, 0.5) is 0 Å². The summed E-state index contributed by atoms with van der Waals surface area (Å²) in [6.07, 6.45) is 0. The van der Waals surface area contributed by atoms with E-state index in [1.165, 1.54) is 0 Å². The molecule has 0 bridgehead atoms. The van der Waals surface area contributed by atoms with Crippen LogP contribution in [0, 0.1) is 0 Å². The molecule has 0 atom stereocenters. The molecule has 2 aromatic rings. The fraction of sp³-hybridized carbons (Fsp3) is 0.267. The molecular weight excluding hydrogens is 240 g/mol. The zero-order valence-electron chi connectivity index (χ0n) is 11.4. The van der Waals surface area contributed by atoms with Gasteiger partial charge in [0, 0.05) is 12.1 Å². The molecule has 1 aromatic heterocycles. The summed E-state index contributed by atoms with van der Waals surface area (Å²) in [7, 11) is 5.60. The molecule has 0 aliphatic rings. The van der Waals surface area contributed by atoms with Crippen LogP contribution >= 0.6 is 0 Å². The van der Waals surface area contributed by atoms with Gasteiger partial charge in [0.25, 0.3) is 0 Å². The first-order valence-corrected chi connectivity index (χ1v) is 6.08. The number of nitrogens with zero attached hydrogens (tertiary/aromatic N) is 2. The third-order valence-corrected chi connectivity index (χ3v) is 2.77. The highest BCUT2D eigenvalue weighted by Crippen LogP contribution is 2.28. The van der Waals surface area contributed by atoms with Gasteiger partial charge >= 0.3 is 0 Å². The average Bonchev–Trinajstić information content (AvgIpc) is 2.40. The molecule has 0 spiro atoms. The van der Waals surface area contributed by atoms with Crippen LogP contribution in [0.15, 0.2) is 36.4 Å². The van der Waals surface area contributed by atoms with E-state index in [2.05, 4.69) is 4.98 Å². The van der Waals surface area contributed by atoms with Crippen molar-refractivity contribution in [1.82, 2.24) is 9.88 Å². The molecule has 1 N–H and O–H groups in total. The molecule has 1 heterocycles. The molecule has 0 fully saturated rings. The number of benzene rings is 1. The Labute approximate surface area is 113 Å². The van der Waals surface area contributed by atoms with Crippen molar-refractivity contribution >= 4 is 0 Å². The third kappa shape index (κ3) is 3.23. The standard InChI is InChI=1S/C15H18N2O2/c1-17(2)10-12-6-9-14(18)15(16-12)11-4-7-13(19-3)8-5-11/h4-9,18H,10H2,1-3H3. The van der Waals surface area contributed by atoms with E-state index in [1.54, 1.807) is 13.2 Å². The Bertz CT molecular complexity index is 551. The molecular formula is C15H18N2O2. The Morgan fingerprint density at radius 1 is 1.11 bits per heavy atom. The van der Waals surface area contributed by atoms with Crippen molar-refractivity contribution in [2.24, 2.45) is 0 Å². The van der Waals surface area contributed by atoms with Crippen LogP contribution in [-0.4, -0.2) is 36.2 Å². The number of pyridine rings is 1. The van der Waals surface area contributed by atoms with Crippen molar-refractivity contribution < 1.29 is 9.84 Å². The summed E-state index contributed by atoms with van der Waals surface area (Å²) < 4.78 is 5.12. The van der Waals surface area contributed by atoms with Gasteiger partial charge in [-0.15, -0.1) is 0 Å². The van der Waals surface area contributed by atoms with Crippen molar-refractivity contribution in [2.75, 3.05) is 21.2 Å². The van der Waals surface area contributed by atoms with Gasteiger partial charge < -0.3 is 14.7 Å². The van der Waals surface area contributed by atoms with E-state index in [4.69, 9.17) is 4.74 Å². The molecule has 0 amide bonds. The van der Waals surface area contributed by atoms with Gasteiger partial charge in [-0.25, -0.2) is 4.98 Å². The molecule has 19 heavy (non-hydrogen) atoms. The molecule has 0 saturated heterocycles. The largest absolute Gasteiger partial charge is 0.506 e. The van der Waals surface area contributed by atoms with Crippen LogP contribution in [0.25, 0.3) is 11.3 Å². The zero-order chi connectivity index (χ0) is 13.8. The highest BCUT2D eigenvalue weighted by Gasteiger charge is 2.08. The molecule has 0 radical (unpaired) electrons. The highest BCUT2D eigenvalue weighted by atomic mass is 16.5. The minimum Gasteiger partial charge on any atom is -0.506 e. The zero-order valence-corrected chi connectivity index (χ0v) is 11.4. The van der Waals surface area contributed by atoms with Gasteiger partial charge in [-0.05, 0) is 50.5 Å². The number of aromatic nitrogens is 1. The maximum Gasteiger partial charge on any atom is 0.141 e. The van der Waals surface area contributed by atoms with Crippen LogP contribution in [-0.2, 0) is 6.54 Å². The lowest BCUT2D eigenvalue weighted by atomic mass is 10.1. The Kier molecular flexibility index (Phi) is 4.02. The Balaban J connectivity index is 2.36. The molecule has 2 rings (SSSR count). The maximum absolute atomic E-state index is 9.94.